The molecule has 0 aliphatic heterocycles. The minimum atomic E-state index is 0.671. The van der Waals surface area contributed by atoms with Gasteiger partial charge in [0.15, 0.2) is 0 Å². The van der Waals surface area contributed by atoms with Crippen molar-refractivity contribution in [3.8, 4) is 11.1 Å². The van der Waals surface area contributed by atoms with E-state index >= 15 is 0 Å². The Morgan fingerprint density at radius 1 is 1.05 bits per heavy atom. The maximum atomic E-state index is 2.47. The topological polar surface area (TPSA) is 0 Å². The monoisotopic (exact) mass is 351 g/mol. The maximum absolute atomic E-state index is 2.47. The molecule has 21 heavy (non-hydrogen) atoms. The molecule has 105 valence electrons. The number of benzene rings is 2. The Hall–Kier alpha value is -0.937. The Kier molecular flexibility index (Phi) is 4.60. The van der Waals surface area contributed by atoms with Crippen LogP contribution in [-0.4, -0.2) is 0 Å². The number of allylic oxidation sites excluding steroid dienone is 1. The Balaban J connectivity index is 2.02. The van der Waals surface area contributed by atoms with Crippen LogP contribution in [0.4, 0.5) is 0 Å². The van der Waals surface area contributed by atoms with Crippen LogP contribution in [0.3, 0.4) is 0 Å². The summed E-state index contributed by atoms with van der Waals surface area (Å²) in [6.07, 6.45) is 6.32. The minimum absolute atomic E-state index is 0.671. The van der Waals surface area contributed by atoms with E-state index in [1.54, 1.807) is 30.3 Å². The molecule has 1 aliphatic carbocycles. The quantitative estimate of drug-likeness (QED) is 0.648. The molecule has 0 radical (unpaired) electrons. The summed E-state index contributed by atoms with van der Waals surface area (Å²) < 4.78 is 0.671. The van der Waals surface area contributed by atoms with Crippen LogP contribution in [0.15, 0.2) is 48.0 Å². The van der Waals surface area contributed by atoms with E-state index in [2.05, 4.69) is 62.4 Å². The van der Waals surface area contributed by atoms with Gasteiger partial charge in [0.25, 0.3) is 0 Å². The molecule has 0 heterocycles. The first-order valence-electron chi connectivity index (χ1n) is 7.82. The predicted molar refractivity (Wildman–Crippen MR) is 86.9 cm³/mol. The third-order valence-electron chi connectivity index (χ3n) is 4.33. The summed E-state index contributed by atoms with van der Waals surface area (Å²) >= 11 is 1.62. The van der Waals surface area contributed by atoms with Gasteiger partial charge in [-0.3, -0.25) is 0 Å². The zero-order valence-electron chi connectivity index (χ0n) is 12.8. The summed E-state index contributed by atoms with van der Waals surface area (Å²) in [6, 6.07) is 15.7. The molecule has 0 spiro atoms. The number of aryl methyl sites for hydroxylation is 1. The Bertz CT molecular complexity index is 665. The van der Waals surface area contributed by atoms with Crippen molar-refractivity contribution in [1.29, 1.82) is 0 Å². The van der Waals surface area contributed by atoms with Crippen LogP contribution in [-0.2, 0) is 24.7 Å². The van der Waals surface area contributed by atoms with Gasteiger partial charge >= 0.3 is 143 Å². The molecular formula is C20H21Zr. The van der Waals surface area contributed by atoms with E-state index < -0.39 is 0 Å². The van der Waals surface area contributed by atoms with Gasteiger partial charge in [-0.25, -0.2) is 0 Å². The van der Waals surface area contributed by atoms with Crippen molar-refractivity contribution in [3.05, 3.63) is 64.7 Å². The fraction of sp³-hybridized carbons (Fsp3) is 0.300. The van der Waals surface area contributed by atoms with E-state index in [-0.39, 0.29) is 0 Å². The third kappa shape index (κ3) is 2.99. The van der Waals surface area contributed by atoms with Crippen LogP contribution in [0.1, 0.15) is 46.5 Å². The van der Waals surface area contributed by atoms with E-state index in [9.17, 15) is 0 Å². The van der Waals surface area contributed by atoms with Crippen LogP contribution in [0.5, 0.6) is 0 Å². The Morgan fingerprint density at radius 3 is 2.52 bits per heavy atom. The molecule has 1 heteroatoms. The SMILES string of the molecule is CCCCC1=Cc2c(-c3ccc(C)cc3)cccc2[CH]1[Zr]. The van der Waals surface area contributed by atoms with Gasteiger partial charge in [0.2, 0.25) is 0 Å². The third-order valence-corrected chi connectivity index (χ3v) is 6.01. The van der Waals surface area contributed by atoms with Crippen LogP contribution in [0.25, 0.3) is 17.2 Å². The molecule has 2 aromatic carbocycles. The van der Waals surface area contributed by atoms with Crippen molar-refractivity contribution < 1.29 is 24.7 Å². The van der Waals surface area contributed by atoms with Crippen molar-refractivity contribution in [3.63, 3.8) is 0 Å². The van der Waals surface area contributed by atoms with Gasteiger partial charge in [-0.1, -0.05) is 0 Å². The predicted octanol–water partition coefficient (Wildman–Crippen LogP) is 5.84. The first-order valence-corrected chi connectivity index (χ1v) is 9.24. The van der Waals surface area contributed by atoms with E-state index in [0.29, 0.717) is 3.63 Å². The van der Waals surface area contributed by atoms with E-state index in [4.69, 9.17) is 0 Å². The summed E-state index contributed by atoms with van der Waals surface area (Å²) in [5, 5.41) is 0. The zero-order chi connectivity index (χ0) is 14.8. The molecule has 0 saturated heterocycles. The van der Waals surface area contributed by atoms with Crippen LogP contribution in [0, 0.1) is 6.92 Å². The second kappa shape index (κ2) is 6.45. The number of hydrogen-bond acceptors (Lipinski definition) is 0. The second-order valence-electron chi connectivity index (χ2n) is 5.93. The number of unbranched alkanes of at least 4 members (excludes halogenated alkanes) is 1. The molecule has 1 unspecified atom stereocenters. The fourth-order valence-corrected chi connectivity index (χ4v) is 4.22. The first-order chi connectivity index (χ1) is 10.2. The molecule has 3 rings (SSSR count). The van der Waals surface area contributed by atoms with E-state index in [1.165, 1.54) is 47.1 Å². The molecule has 0 saturated carbocycles. The Morgan fingerprint density at radius 2 is 1.81 bits per heavy atom. The van der Waals surface area contributed by atoms with Gasteiger partial charge in [-0.2, -0.15) is 0 Å². The van der Waals surface area contributed by atoms with Crippen molar-refractivity contribution in [2.24, 2.45) is 0 Å². The van der Waals surface area contributed by atoms with Gasteiger partial charge in [-0.05, 0) is 0 Å². The molecule has 1 atom stereocenters. The van der Waals surface area contributed by atoms with Crippen molar-refractivity contribution in [1.82, 2.24) is 0 Å². The van der Waals surface area contributed by atoms with Gasteiger partial charge in [-0.15, -0.1) is 0 Å². The zero-order valence-corrected chi connectivity index (χ0v) is 15.3. The number of hydrogen-bond donors (Lipinski definition) is 0. The van der Waals surface area contributed by atoms with Gasteiger partial charge in [0, 0.05) is 0 Å². The van der Waals surface area contributed by atoms with Crippen LogP contribution < -0.4 is 0 Å². The summed E-state index contributed by atoms with van der Waals surface area (Å²) in [5.41, 5.74) is 8.71. The first kappa shape index (κ1) is 15.0. The van der Waals surface area contributed by atoms with E-state index in [0.717, 1.165) is 0 Å². The molecule has 0 bridgehead atoms. The molecule has 0 fully saturated rings. The normalized spacial score (nSPS) is 16.6. The molecule has 0 aromatic heterocycles. The van der Waals surface area contributed by atoms with Crippen molar-refractivity contribution >= 4 is 6.08 Å². The molecule has 2 aromatic rings. The van der Waals surface area contributed by atoms with Crippen LogP contribution >= 0.6 is 0 Å². The van der Waals surface area contributed by atoms with Crippen molar-refractivity contribution in [2.45, 2.75) is 36.7 Å². The van der Waals surface area contributed by atoms with E-state index in [1.807, 2.05) is 0 Å². The van der Waals surface area contributed by atoms with Gasteiger partial charge in [0.05, 0.1) is 0 Å². The molecule has 1 aliphatic rings. The van der Waals surface area contributed by atoms with Gasteiger partial charge in [0.1, 0.15) is 0 Å². The standard InChI is InChI=1S/C20H21.Zr/c1-3-4-6-16-13-18-7-5-8-19(20(18)14-16)17-11-9-15(2)10-12-17;/h5,7-14H,3-4,6H2,1-2H3;. The van der Waals surface area contributed by atoms with Crippen molar-refractivity contribution in [2.75, 3.05) is 0 Å². The molecule has 0 nitrogen and oxygen atoms in total. The fourth-order valence-electron chi connectivity index (χ4n) is 3.05. The molecule has 0 amide bonds. The summed E-state index contributed by atoms with van der Waals surface area (Å²) in [4.78, 5) is 0. The number of fused-ring (bicyclic) bond motifs is 1. The molecular weight excluding hydrogens is 331 g/mol. The Labute approximate surface area is 143 Å². The second-order valence-corrected chi connectivity index (χ2v) is 7.35. The van der Waals surface area contributed by atoms with Crippen LogP contribution in [0.2, 0.25) is 0 Å². The van der Waals surface area contributed by atoms with Gasteiger partial charge < -0.3 is 0 Å². The summed E-state index contributed by atoms with van der Waals surface area (Å²) in [5.74, 6) is 0. The summed E-state index contributed by atoms with van der Waals surface area (Å²) in [7, 11) is 0. The summed E-state index contributed by atoms with van der Waals surface area (Å²) in [6.45, 7) is 4.42. The molecule has 0 N–H and O–H groups in total. The number of rotatable bonds is 4. The average molecular weight is 353 g/mol. The average Bonchev–Trinajstić information content (AvgIpc) is 2.83.